The molecular formula is C20H25ClN6O. The molecule has 7 nitrogen and oxygen atoms in total. The van der Waals surface area contributed by atoms with Gasteiger partial charge in [0.15, 0.2) is 0 Å². The summed E-state index contributed by atoms with van der Waals surface area (Å²) < 4.78 is 0. The van der Waals surface area contributed by atoms with Crippen molar-refractivity contribution in [3.05, 3.63) is 60.2 Å². The van der Waals surface area contributed by atoms with Gasteiger partial charge < -0.3 is 11.1 Å². The molecule has 1 heterocycles. The highest BCUT2D eigenvalue weighted by atomic mass is 35.5. The predicted octanol–water partition coefficient (Wildman–Crippen LogP) is 3.07. The van der Waals surface area contributed by atoms with Crippen molar-refractivity contribution in [3.63, 3.8) is 0 Å². The molecule has 2 aromatic carbocycles. The second kappa shape index (κ2) is 10.5. The van der Waals surface area contributed by atoms with Crippen molar-refractivity contribution in [2.24, 2.45) is 5.73 Å². The van der Waals surface area contributed by atoms with E-state index in [-0.39, 0.29) is 18.3 Å². The Hall–Kier alpha value is -2.77. The molecule has 1 aromatic heterocycles. The Morgan fingerprint density at radius 1 is 1.14 bits per heavy atom. The SMILES string of the molecule is CCCC(N)C(=O)Nc1ccc(CCn2nnc(-c3ccccc3)n2)cc1.Cl. The van der Waals surface area contributed by atoms with Crippen molar-refractivity contribution in [2.45, 2.75) is 38.8 Å². The molecule has 1 unspecified atom stereocenters. The third-order valence-corrected chi connectivity index (χ3v) is 4.24. The molecule has 1 amide bonds. The van der Waals surface area contributed by atoms with E-state index in [1.54, 1.807) is 4.80 Å². The first kappa shape index (κ1) is 21.5. The van der Waals surface area contributed by atoms with Gasteiger partial charge >= 0.3 is 0 Å². The molecule has 1 atom stereocenters. The van der Waals surface area contributed by atoms with Gasteiger partial charge in [0, 0.05) is 11.3 Å². The predicted molar refractivity (Wildman–Crippen MR) is 112 cm³/mol. The molecule has 3 rings (SSSR count). The number of rotatable bonds is 8. The van der Waals surface area contributed by atoms with Crippen LogP contribution in [0.4, 0.5) is 5.69 Å². The van der Waals surface area contributed by atoms with Crippen LogP contribution in [0.15, 0.2) is 54.6 Å². The van der Waals surface area contributed by atoms with Gasteiger partial charge in [-0.25, -0.2) is 0 Å². The third-order valence-electron chi connectivity index (χ3n) is 4.24. The van der Waals surface area contributed by atoms with Crippen LogP contribution in [-0.2, 0) is 17.8 Å². The summed E-state index contributed by atoms with van der Waals surface area (Å²) in [6.45, 7) is 2.64. The monoisotopic (exact) mass is 400 g/mol. The summed E-state index contributed by atoms with van der Waals surface area (Å²) in [5.74, 6) is 0.474. The van der Waals surface area contributed by atoms with Crippen LogP contribution in [0.25, 0.3) is 11.4 Å². The molecule has 0 bridgehead atoms. The van der Waals surface area contributed by atoms with Crippen LogP contribution in [0.5, 0.6) is 0 Å². The number of hydrogen-bond acceptors (Lipinski definition) is 5. The minimum atomic E-state index is -0.466. The Kier molecular flexibility index (Phi) is 8.10. The molecule has 0 spiro atoms. The maximum atomic E-state index is 12.0. The number of nitrogens with two attached hydrogens (primary N) is 1. The second-order valence-corrected chi connectivity index (χ2v) is 6.41. The lowest BCUT2D eigenvalue weighted by Gasteiger charge is -2.11. The fourth-order valence-corrected chi connectivity index (χ4v) is 2.70. The van der Waals surface area contributed by atoms with E-state index >= 15 is 0 Å². The summed E-state index contributed by atoms with van der Waals surface area (Å²) in [5.41, 5.74) is 8.66. The van der Waals surface area contributed by atoms with E-state index in [1.807, 2.05) is 61.5 Å². The first-order valence-electron chi connectivity index (χ1n) is 9.14. The number of carbonyl (C=O) groups is 1. The number of nitrogens with one attached hydrogen (secondary N) is 1. The standard InChI is InChI=1S/C20H24N6O.ClH/c1-2-6-18(21)20(27)22-17-11-9-15(10-12-17)13-14-26-24-19(23-25-26)16-7-4-3-5-8-16;/h3-5,7-12,18H,2,6,13-14,21H2,1H3,(H,22,27);1H. The molecule has 3 N–H and O–H groups in total. The normalized spacial score (nSPS) is 11.5. The number of anilines is 1. The minimum Gasteiger partial charge on any atom is -0.325 e. The lowest BCUT2D eigenvalue weighted by molar-refractivity contribution is -0.117. The Morgan fingerprint density at radius 2 is 1.86 bits per heavy atom. The van der Waals surface area contributed by atoms with Gasteiger partial charge in [-0.2, -0.15) is 4.80 Å². The van der Waals surface area contributed by atoms with Gasteiger partial charge in [-0.15, -0.1) is 22.6 Å². The number of nitrogens with zero attached hydrogens (tertiary/aromatic N) is 4. The maximum Gasteiger partial charge on any atom is 0.241 e. The van der Waals surface area contributed by atoms with Gasteiger partial charge in [-0.3, -0.25) is 4.79 Å². The zero-order chi connectivity index (χ0) is 19.1. The molecule has 3 aromatic rings. The van der Waals surface area contributed by atoms with Gasteiger partial charge in [-0.05, 0) is 35.8 Å². The molecule has 0 fully saturated rings. The number of tetrazole rings is 1. The highest BCUT2D eigenvalue weighted by Gasteiger charge is 2.12. The number of carbonyl (C=O) groups excluding carboxylic acids is 1. The number of hydrogen-bond donors (Lipinski definition) is 2. The quantitative estimate of drug-likeness (QED) is 0.605. The van der Waals surface area contributed by atoms with Crippen LogP contribution in [-0.4, -0.2) is 32.2 Å². The molecule has 8 heteroatoms. The van der Waals surface area contributed by atoms with Crippen LogP contribution in [0.2, 0.25) is 0 Å². The zero-order valence-corrected chi connectivity index (χ0v) is 16.6. The minimum absolute atomic E-state index is 0. The summed E-state index contributed by atoms with van der Waals surface area (Å²) in [7, 11) is 0. The molecule has 0 aliphatic rings. The molecule has 0 aliphatic heterocycles. The Labute approximate surface area is 170 Å². The summed E-state index contributed by atoms with van der Waals surface area (Å²) in [6, 6.07) is 17.0. The van der Waals surface area contributed by atoms with E-state index in [9.17, 15) is 4.79 Å². The molecule has 0 saturated heterocycles. The number of aromatic nitrogens is 4. The van der Waals surface area contributed by atoms with Crippen molar-refractivity contribution < 1.29 is 4.79 Å². The maximum absolute atomic E-state index is 12.0. The number of halogens is 1. The van der Waals surface area contributed by atoms with Crippen LogP contribution >= 0.6 is 12.4 Å². The molecule has 0 saturated carbocycles. The van der Waals surface area contributed by atoms with E-state index in [0.29, 0.717) is 18.8 Å². The van der Waals surface area contributed by atoms with Gasteiger partial charge in [0.25, 0.3) is 0 Å². The fourth-order valence-electron chi connectivity index (χ4n) is 2.70. The zero-order valence-electron chi connectivity index (χ0n) is 15.8. The van der Waals surface area contributed by atoms with Crippen molar-refractivity contribution in [3.8, 4) is 11.4 Å². The molecule has 0 aliphatic carbocycles. The van der Waals surface area contributed by atoms with Crippen LogP contribution in [0.1, 0.15) is 25.3 Å². The first-order valence-corrected chi connectivity index (χ1v) is 9.14. The average Bonchev–Trinajstić information content (AvgIpc) is 3.17. The smallest absolute Gasteiger partial charge is 0.241 e. The van der Waals surface area contributed by atoms with E-state index in [2.05, 4.69) is 20.7 Å². The lowest BCUT2D eigenvalue weighted by Crippen LogP contribution is -2.35. The topological polar surface area (TPSA) is 98.7 Å². The van der Waals surface area contributed by atoms with Crippen molar-refractivity contribution >= 4 is 24.0 Å². The second-order valence-electron chi connectivity index (χ2n) is 6.41. The molecule has 28 heavy (non-hydrogen) atoms. The molecule has 148 valence electrons. The largest absolute Gasteiger partial charge is 0.325 e. The van der Waals surface area contributed by atoms with Crippen LogP contribution in [0, 0.1) is 0 Å². The number of aryl methyl sites for hydroxylation is 2. The average molecular weight is 401 g/mol. The van der Waals surface area contributed by atoms with E-state index in [4.69, 9.17) is 5.73 Å². The van der Waals surface area contributed by atoms with Gasteiger partial charge in [0.05, 0.1) is 12.6 Å². The van der Waals surface area contributed by atoms with E-state index < -0.39 is 6.04 Å². The highest BCUT2D eigenvalue weighted by molar-refractivity contribution is 5.94. The molecule has 0 radical (unpaired) electrons. The summed E-state index contributed by atoms with van der Waals surface area (Å²) in [6.07, 6.45) is 2.34. The molecular weight excluding hydrogens is 376 g/mol. The Morgan fingerprint density at radius 3 is 2.54 bits per heavy atom. The van der Waals surface area contributed by atoms with Crippen molar-refractivity contribution in [1.29, 1.82) is 0 Å². The first-order chi connectivity index (χ1) is 13.2. The Bertz CT molecular complexity index is 866. The van der Waals surface area contributed by atoms with E-state index in [1.165, 1.54) is 0 Å². The summed E-state index contributed by atoms with van der Waals surface area (Å²) in [4.78, 5) is 13.6. The summed E-state index contributed by atoms with van der Waals surface area (Å²) in [5, 5.41) is 15.5. The fraction of sp³-hybridized carbons (Fsp3) is 0.300. The van der Waals surface area contributed by atoms with Gasteiger partial charge in [0.2, 0.25) is 11.7 Å². The number of amides is 1. The van der Waals surface area contributed by atoms with Crippen molar-refractivity contribution in [2.75, 3.05) is 5.32 Å². The van der Waals surface area contributed by atoms with Gasteiger partial charge in [-0.1, -0.05) is 55.8 Å². The van der Waals surface area contributed by atoms with Gasteiger partial charge in [0.1, 0.15) is 0 Å². The van der Waals surface area contributed by atoms with E-state index in [0.717, 1.165) is 29.7 Å². The third kappa shape index (κ3) is 5.87. The van der Waals surface area contributed by atoms with Crippen LogP contribution in [0.3, 0.4) is 0 Å². The highest BCUT2D eigenvalue weighted by Crippen LogP contribution is 2.13. The van der Waals surface area contributed by atoms with Crippen LogP contribution < -0.4 is 11.1 Å². The van der Waals surface area contributed by atoms with Crippen molar-refractivity contribution in [1.82, 2.24) is 20.2 Å². The number of benzene rings is 2. The lowest BCUT2D eigenvalue weighted by atomic mass is 10.1. The Balaban J connectivity index is 0.00000280. The summed E-state index contributed by atoms with van der Waals surface area (Å²) >= 11 is 0.